The number of carbonyl (C=O) groups is 3. The summed E-state index contributed by atoms with van der Waals surface area (Å²) in [4.78, 5) is 43.4. The van der Waals surface area contributed by atoms with Crippen molar-refractivity contribution >= 4 is 41.6 Å². The highest BCUT2D eigenvalue weighted by molar-refractivity contribution is 5.98. The second kappa shape index (κ2) is 17.9. The number of aromatic nitrogens is 2. The summed E-state index contributed by atoms with van der Waals surface area (Å²) in [5, 5.41) is 2.56. The minimum absolute atomic E-state index is 0. The molecule has 0 spiro atoms. The van der Waals surface area contributed by atoms with E-state index >= 15 is 0 Å². The molecule has 0 aliphatic carbocycles. The van der Waals surface area contributed by atoms with Crippen LogP contribution in [-0.4, -0.2) is 28.6 Å². The minimum atomic E-state index is -1.17. The Kier molecular flexibility index (Phi) is 13.7. The Labute approximate surface area is 300 Å². The van der Waals surface area contributed by atoms with Crippen molar-refractivity contribution in [2.24, 2.45) is 5.73 Å². The lowest BCUT2D eigenvalue weighted by Crippen LogP contribution is -2.33. The van der Waals surface area contributed by atoms with Gasteiger partial charge in [0, 0.05) is 22.3 Å². The topological polar surface area (TPSA) is 118 Å². The molecule has 6 aromatic rings. The van der Waals surface area contributed by atoms with Crippen LogP contribution in [-0.2, 0) is 0 Å². The van der Waals surface area contributed by atoms with Crippen LogP contribution in [0.1, 0.15) is 35.6 Å². The first-order valence-corrected chi connectivity index (χ1v) is 14.7. The molecule has 0 unspecified atom stereocenters. The van der Waals surface area contributed by atoms with Gasteiger partial charge in [-0.05, 0) is 97.1 Å². The van der Waals surface area contributed by atoms with Crippen LogP contribution in [0.5, 0.6) is 0 Å². The number of nitrogens with zero attached hydrogens (tertiary/aromatic N) is 3. The number of hydrogen-bond donors (Lipinski definition) is 2. The highest BCUT2D eigenvalue weighted by Crippen LogP contribution is 2.32. The van der Waals surface area contributed by atoms with Crippen molar-refractivity contribution in [2.75, 3.05) is 10.2 Å². The Morgan fingerprint density at radius 3 is 1.47 bits per heavy atom. The number of amides is 2. The Bertz CT molecular complexity index is 2200. The third-order valence-corrected chi connectivity index (χ3v) is 7.15. The highest BCUT2D eigenvalue weighted by atomic mass is 19.2. The zero-order chi connectivity index (χ0) is 36.7. The molecule has 0 atom stereocenters. The van der Waals surface area contributed by atoms with Gasteiger partial charge in [-0.15, -0.1) is 0 Å². The third kappa shape index (κ3) is 9.29. The highest BCUT2D eigenvalue weighted by Gasteiger charge is 2.25. The van der Waals surface area contributed by atoms with E-state index in [0.29, 0.717) is 28.6 Å². The van der Waals surface area contributed by atoms with Crippen molar-refractivity contribution in [1.29, 1.82) is 0 Å². The molecule has 4 aromatic carbocycles. The van der Waals surface area contributed by atoms with Crippen LogP contribution >= 0.6 is 0 Å². The van der Waals surface area contributed by atoms with E-state index < -0.39 is 46.6 Å². The van der Waals surface area contributed by atoms with Gasteiger partial charge in [0.05, 0.1) is 11.4 Å². The predicted octanol–water partition coefficient (Wildman–Crippen LogP) is 10.2. The van der Waals surface area contributed by atoms with Gasteiger partial charge >= 0.3 is 6.03 Å². The molecule has 0 aliphatic heterocycles. The molecule has 0 saturated carbocycles. The van der Waals surface area contributed by atoms with Crippen LogP contribution in [0.2, 0.25) is 0 Å². The van der Waals surface area contributed by atoms with Crippen LogP contribution in [0.3, 0.4) is 0 Å². The average Bonchev–Trinajstić information content (AvgIpc) is 3.12. The molecular formula is C39H31F6N5O3. The summed E-state index contributed by atoms with van der Waals surface area (Å²) in [5.74, 6) is -4.51. The number of primary amides is 1. The Morgan fingerprint density at radius 1 is 0.585 bits per heavy atom. The number of benzene rings is 4. The van der Waals surface area contributed by atoms with Crippen LogP contribution in [0.15, 0.2) is 109 Å². The number of halogens is 6. The Balaban J connectivity index is 0.000000277. The number of rotatable bonds is 8. The summed E-state index contributed by atoms with van der Waals surface area (Å²) in [6.07, 6.45) is 1.13. The molecule has 0 bridgehead atoms. The smallest absolute Gasteiger partial charge is 0.325 e. The van der Waals surface area contributed by atoms with Crippen LogP contribution < -0.4 is 16.0 Å². The molecule has 14 heteroatoms. The normalized spacial score (nSPS) is 10.1. The summed E-state index contributed by atoms with van der Waals surface area (Å²) < 4.78 is 82.0. The van der Waals surface area contributed by atoms with E-state index in [1.54, 1.807) is 0 Å². The van der Waals surface area contributed by atoms with Gasteiger partial charge < -0.3 is 11.1 Å². The maximum absolute atomic E-state index is 14.1. The number of para-hydroxylation sites is 2. The standard InChI is InChI=1S/C19H12F3N3O2.C18H11F3N2O.2CH4/c20-13-7-4-11(5-8-13)17-12(10-26)6-9-16(24-17)25(19(23)27)18-14(21)2-1-3-15(18)22;19-13-7-4-11(5-8-13)17-12(10-24)6-9-16(22-17)23-18-14(20)2-1-3-15(18)21;;/h1-10H,(H2,23,27);1-10H,(H,22,23);2*1H4. The molecule has 0 fully saturated rings. The maximum Gasteiger partial charge on any atom is 0.325 e. The zero-order valence-corrected chi connectivity index (χ0v) is 26.0. The van der Waals surface area contributed by atoms with Gasteiger partial charge in [-0.1, -0.05) is 27.0 Å². The van der Waals surface area contributed by atoms with Gasteiger partial charge in [0.2, 0.25) is 0 Å². The summed E-state index contributed by atoms with van der Waals surface area (Å²) in [6.45, 7) is 0. The molecule has 6 rings (SSSR count). The summed E-state index contributed by atoms with van der Waals surface area (Å²) in [7, 11) is 0. The first-order chi connectivity index (χ1) is 24.5. The second-order valence-electron chi connectivity index (χ2n) is 10.5. The van der Waals surface area contributed by atoms with Crippen LogP contribution in [0.4, 0.5) is 54.1 Å². The number of aldehydes is 2. The molecule has 272 valence electrons. The van der Waals surface area contributed by atoms with Gasteiger partial charge in [0.25, 0.3) is 0 Å². The monoisotopic (exact) mass is 731 g/mol. The number of urea groups is 1. The molecule has 0 aliphatic rings. The van der Waals surface area contributed by atoms with Gasteiger partial charge in [-0.3, -0.25) is 9.59 Å². The SMILES string of the molecule is C.C.NC(=O)N(c1ccc(C=O)c(-c2ccc(F)cc2)n1)c1c(F)cccc1F.O=Cc1ccc(Nc2c(F)cccc2F)nc1-c1ccc(F)cc1. The molecule has 2 heterocycles. The zero-order valence-electron chi connectivity index (χ0n) is 26.0. The van der Waals surface area contributed by atoms with E-state index in [4.69, 9.17) is 5.73 Å². The molecule has 3 N–H and O–H groups in total. The quantitative estimate of drug-likeness (QED) is 0.119. The molecule has 0 radical (unpaired) electrons. The predicted molar refractivity (Wildman–Crippen MR) is 191 cm³/mol. The summed E-state index contributed by atoms with van der Waals surface area (Å²) in [6, 6.07) is 21.4. The van der Waals surface area contributed by atoms with Gasteiger partial charge in [-0.25, -0.2) is 46.0 Å². The van der Waals surface area contributed by atoms with E-state index in [1.807, 2.05) is 0 Å². The second-order valence-corrected chi connectivity index (χ2v) is 10.5. The van der Waals surface area contributed by atoms with Crippen molar-refractivity contribution in [2.45, 2.75) is 14.9 Å². The number of hydrogen-bond acceptors (Lipinski definition) is 6. The number of nitrogens with one attached hydrogen (secondary N) is 1. The first kappa shape index (κ1) is 40.6. The summed E-state index contributed by atoms with van der Waals surface area (Å²) in [5.41, 5.74) is 5.97. The molecule has 8 nitrogen and oxygen atoms in total. The van der Waals surface area contributed by atoms with Gasteiger partial charge in [-0.2, -0.15) is 0 Å². The average molecular weight is 732 g/mol. The number of anilines is 4. The minimum Gasteiger partial charge on any atom is -0.351 e. The fourth-order valence-electron chi connectivity index (χ4n) is 4.78. The van der Waals surface area contributed by atoms with Crippen LogP contribution in [0, 0.1) is 34.9 Å². The lowest BCUT2D eigenvalue weighted by Gasteiger charge is -2.21. The van der Waals surface area contributed by atoms with Crippen molar-refractivity contribution < 1.29 is 40.7 Å². The molecule has 53 heavy (non-hydrogen) atoms. The number of pyridine rings is 2. The maximum atomic E-state index is 14.1. The lowest BCUT2D eigenvalue weighted by molar-refractivity contribution is 0.111. The molecule has 0 saturated heterocycles. The van der Waals surface area contributed by atoms with E-state index in [0.717, 1.165) is 30.3 Å². The van der Waals surface area contributed by atoms with E-state index in [1.165, 1.54) is 78.9 Å². The van der Waals surface area contributed by atoms with Crippen molar-refractivity contribution in [3.05, 3.63) is 155 Å². The summed E-state index contributed by atoms with van der Waals surface area (Å²) >= 11 is 0. The van der Waals surface area contributed by atoms with Crippen molar-refractivity contribution in [3.8, 4) is 22.5 Å². The number of carbonyl (C=O) groups excluding carboxylic acids is 3. The fraction of sp³-hybridized carbons (Fsp3) is 0.0513. The largest absolute Gasteiger partial charge is 0.351 e. The lowest BCUT2D eigenvalue weighted by atomic mass is 10.1. The Hall–Kier alpha value is -6.83. The first-order valence-electron chi connectivity index (χ1n) is 14.7. The van der Waals surface area contributed by atoms with Crippen LogP contribution in [0.25, 0.3) is 22.5 Å². The van der Waals surface area contributed by atoms with Gasteiger partial charge in [0.1, 0.15) is 57.9 Å². The molecule has 2 amide bonds. The van der Waals surface area contributed by atoms with Crippen molar-refractivity contribution in [3.63, 3.8) is 0 Å². The van der Waals surface area contributed by atoms with E-state index in [9.17, 15) is 40.7 Å². The number of nitrogens with two attached hydrogens (primary N) is 1. The third-order valence-electron chi connectivity index (χ3n) is 7.15. The van der Waals surface area contributed by atoms with E-state index in [2.05, 4.69) is 15.3 Å². The van der Waals surface area contributed by atoms with E-state index in [-0.39, 0.29) is 54.7 Å². The molecule has 2 aromatic heterocycles. The van der Waals surface area contributed by atoms with Crippen molar-refractivity contribution in [1.82, 2.24) is 9.97 Å². The Morgan fingerprint density at radius 2 is 1.02 bits per heavy atom. The van der Waals surface area contributed by atoms with Gasteiger partial charge in [0.15, 0.2) is 12.6 Å². The fourth-order valence-corrected chi connectivity index (χ4v) is 4.78. The molecular weight excluding hydrogens is 700 g/mol.